The molecular formula is C16H23F9O. The molecule has 0 unspecified atom stereocenters. The Morgan fingerprint density at radius 1 is 0.538 bits per heavy atom. The zero-order valence-electron chi connectivity index (χ0n) is 14.4. The maximum Gasteiger partial charge on any atom is 0.381 e. The van der Waals surface area contributed by atoms with Crippen LogP contribution in [0.2, 0.25) is 0 Å². The van der Waals surface area contributed by atoms with Gasteiger partial charge >= 0.3 is 23.7 Å². The van der Waals surface area contributed by atoms with E-state index in [1.807, 2.05) is 6.92 Å². The minimum Gasteiger partial charge on any atom is -0.381 e. The van der Waals surface area contributed by atoms with Gasteiger partial charge in [-0.1, -0.05) is 39.0 Å². The molecule has 1 saturated carbocycles. The van der Waals surface area contributed by atoms with Crippen molar-refractivity contribution in [3.63, 3.8) is 0 Å². The Balaban J connectivity index is 2.51. The summed E-state index contributed by atoms with van der Waals surface area (Å²) in [5.74, 6) is -25.4. The van der Waals surface area contributed by atoms with Gasteiger partial charge < -0.3 is 4.74 Å². The molecule has 10 heteroatoms. The van der Waals surface area contributed by atoms with Crippen LogP contribution in [0, 0.1) is 0 Å². The molecule has 156 valence electrons. The molecule has 0 radical (unpaired) electrons. The summed E-state index contributed by atoms with van der Waals surface area (Å²) >= 11 is 0. The van der Waals surface area contributed by atoms with Gasteiger partial charge in [0.2, 0.25) is 5.67 Å². The molecule has 26 heavy (non-hydrogen) atoms. The molecular weight excluding hydrogens is 379 g/mol. The zero-order chi connectivity index (χ0) is 20.3. The molecule has 1 nitrogen and oxygen atoms in total. The first-order valence-corrected chi connectivity index (χ1v) is 8.59. The molecule has 0 aliphatic heterocycles. The van der Waals surface area contributed by atoms with Gasteiger partial charge in [-0.25, -0.2) is 4.39 Å². The van der Waals surface area contributed by atoms with Crippen molar-refractivity contribution in [2.75, 3.05) is 13.2 Å². The maximum absolute atomic E-state index is 14.1. The van der Waals surface area contributed by atoms with E-state index in [2.05, 4.69) is 0 Å². The Kier molecular flexibility index (Phi) is 7.32. The van der Waals surface area contributed by atoms with Crippen molar-refractivity contribution in [3.05, 3.63) is 0 Å². The number of unbranched alkanes of at least 4 members (excludes halogenated alkanes) is 5. The minimum absolute atomic E-state index is 0.157. The zero-order valence-corrected chi connectivity index (χ0v) is 14.4. The summed E-state index contributed by atoms with van der Waals surface area (Å²) in [6.45, 7) is 1.73. The fourth-order valence-corrected chi connectivity index (χ4v) is 2.91. The molecule has 1 rings (SSSR count). The van der Waals surface area contributed by atoms with Gasteiger partial charge in [0.1, 0.15) is 0 Å². The number of alkyl halides is 9. The predicted molar refractivity (Wildman–Crippen MR) is 77.1 cm³/mol. The smallest absolute Gasteiger partial charge is 0.381 e. The lowest BCUT2D eigenvalue weighted by molar-refractivity contribution is -0.303. The summed E-state index contributed by atoms with van der Waals surface area (Å²) < 4.78 is 125. The molecule has 0 bridgehead atoms. The standard InChI is InChI=1S/C16H23F9O/c1-2-3-4-5-6-7-10-26-11-8-9-12(17)13(18,19)15(22,23)16(24,25)14(12,20)21/h2-11H2,1H3. The van der Waals surface area contributed by atoms with Crippen LogP contribution >= 0.6 is 0 Å². The summed E-state index contributed by atoms with van der Waals surface area (Å²) in [7, 11) is 0. The van der Waals surface area contributed by atoms with Gasteiger partial charge in [-0.05, 0) is 19.3 Å². The van der Waals surface area contributed by atoms with Crippen molar-refractivity contribution in [3.8, 4) is 0 Å². The quantitative estimate of drug-likeness (QED) is 0.287. The van der Waals surface area contributed by atoms with E-state index in [-0.39, 0.29) is 6.61 Å². The molecule has 0 aromatic heterocycles. The van der Waals surface area contributed by atoms with Gasteiger partial charge in [0.25, 0.3) is 0 Å². The molecule has 0 aromatic rings. The van der Waals surface area contributed by atoms with Crippen molar-refractivity contribution in [2.45, 2.75) is 87.6 Å². The van der Waals surface area contributed by atoms with Crippen LogP contribution in [0.4, 0.5) is 39.5 Å². The average Bonchev–Trinajstić information content (AvgIpc) is 2.59. The first kappa shape index (κ1) is 23.4. The van der Waals surface area contributed by atoms with E-state index in [1.165, 1.54) is 0 Å². The lowest BCUT2D eigenvalue weighted by Gasteiger charge is -2.30. The molecule has 0 atom stereocenters. The van der Waals surface area contributed by atoms with Crippen LogP contribution in [0.25, 0.3) is 0 Å². The number of rotatable bonds is 11. The summed E-state index contributed by atoms with van der Waals surface area (Å²) in [6.07, 6.45) is 2.87. The van der Waals surface area contributed by atoms with Gasteiger partial charge in [-0.15, -0.1) is 0 Å². The van der Waals surface area contributed by atoms with Crippen LogP contribution in [0.1, 0.15) is 58.3 Å². The SMILES string of the molecule is CCCCCCCCOCCCC1(F)C(F)(F)C(F)(F)C(F)(F)C1(F)F. The summed E-state index contributed by atoms with van der Waals surface area (Å²) in [5.41, 5.74) is -5.35. The highest BCUT2D eigenvalue weighted by atomic mass is 19.4. The Hall–Kier alpha value is -0.670. The van der Waals surface area contributed by atoms with Crippen LogP contribution in [0.15, 0.2) is 0 Å². The molecule has 1 fully saturated rings. The summed E-state index contributed by atoms with van der Waals surface area (Å²) in [4.78, 5) is 0. The number of halogens is 9. The number of hydrogen-bond donors (Lipinski definition) is 0. The second kappa shape index (κ2) is 8.14. The fraction of sp³-hybridized carbons (Fsp3) is 1.00. The van der Waals surface area contributed by atoms with Gasteiger partial charge in [-0.2, -0.15) is 35.1 Å². The van der Waals surface area contributed by atoms with Crippen LogP contribution in [0.3, 0.4) is 0 Å². The van der Waals surface area contributed by atoms with Crippen LogP contribution in [0.5, 0.6) is 0 Å². The van der Waals surface area contributed by atoms with E-state index in [9.17, 15) is 39.5 Å². The van der Waals surface area contributed by atoms with Gasteiger partial charge in [0, 0.05) is 13.2 Å². The minimum atomic E-state index is -6.49. The monoisotopic (exact) mass is 402 g/mol. The first-order chi connectivity index (χ1) is 11.8. The van der Waals surface area contributed by atoms with Crippen molar-refractivity contribution >= 4 is 0 Å². The van der Waals surface area contributed by atoms with E-state index in [1.54, 1.807) is 0 Å². The van der Waals surface area contributed by atoms with Crippen molar-refractivity contribution in [2.24, 2.45) is 0 Å². The molecule has 0 amide bonds. The molecule has 1 aliphatic rings. The molecule has 1 aliphatic carbocycles. The Morgan fingerprint density at radius 2 is 0.962 bits per heavy atom. The van der Waals surface area contributed by atoms with E-state index in [0.29, 0.717) is 6.42 Å². The van der Waals surface area contributed by atoms with Crippen molar-refractivity contribution < 1.29 is 44.3 Å². The molecule has 0 N–H and O–H groups in total. The van der Waals surface area contributed by atoms with Gasteiger partial charge in [0.15, 0.2) is 0 Å². The maximum atomic E-state index is 14.1. The van der Waals surface area contributed by atoms with E-state index < -0.39 is 48.8 Å². The highest BCUT2D eigenvalue weighted by Crippen LogP contribution is 2.70. The molecule has 0 saturated heterocycles. The van der Waals surface area contributed by atoms with Crippen LogP contribution < -0.4 is 0 Å². The number of ether oxygens (including phenoxy) is 1. The number of hydrogen-bond acceptors (Lipinski definition) is 1. The topological polar surface area (TPSA) is 9.23 Å². The second-order valence-electron chi connectivity index (χ2n) is 6.58. The lowest BCUT2D eigenvalue weighted by atomic mass is 9.91. The summed E-state index contributed by atoms with van der Waals surface area (Å²) in [6, 6.07) is 0. The highest BCUT2D eigenvalue weighted by molar-refractivity contribution is 5.26. The Bertz CT molecular complexity index is 425. The third kappa shape index (κ3) is 3.54. The summed E-state index contributed by atoms with van der Waals surface area (Å²) in [5, 5.41) is 0. The van der Waals surface area contributed by atoms with Crippen LogP contribution in [-0.2, 0) is 4.74 Å². The largest absolute Gasteiger partial charge is 0.381 e. The normalized spacial score (nSPS) is 24.7. The van der Waals surface area contributed by atoms with Gasteiger partial charge in [0.05, 0.1) is 0 Å². The second-order valence-corrected chi connectivity index (χ2v) is 6.58. The van der Waals surface area contributed by atoms with E-state index in [0.717, 1.165) is 32.1 Å². The third-order valence-corrected chi connectivity index (χ3v) is 4.63. The Labute approximate surface area is 146 Å². The van der Waals surface area contributed by atoms with Crippen molar-refractivity contribution in [1.82, 2.24) is 0 Å². The van der Waals surface area contributed by atoms with E-state index >= 15 is 0 Å². The average molecular weight is 402 g/mol. The Morgan fingerprint density at radius 3 is 1.46 bits per heavy atom. The fourth-order valence-electron chi connectivity index (χ4n) is 2.91. The predicted octanol–water partition coefficient (Wildman–Crippen LogP) is 6.41. The third-order valence-electron chi connectivity index (χ3n) is 4.63. The lowest BCUT2D eigenvalue weighted by Crippen LogP contribution is -2.54. The first-order valence-electron chi connectivity index (χ1n) is 8.59. The van der Waals surface area contributed by atoms with Crippen molar-refractivity contribution in [1.29, 1.82) is 0 Å². The molecule has 0 heterocycles. The molecule has 0 spiro atoms. The van der Waals surface area contributed by atoms with Gasteiger partial charge in [-0.3, -0.25) is 0 Å². The highest BCUT2D eigenvalue weighted by Gasteiger charge is 3.00. The van der Waals surface area contributed by atoms with Crippen LogP contribution in [-0.4, -0.2) is 42.6 Å². The van der Waals surface area contributed by atoms with E-state index in [4.69, 9.17) is 4.74 Å². The molecule has 0 aromatic carbocycles.